The molecule has 0 amide bonds. The maximum atomic E-state index is 12.4. The van der Waals surface area contributed by atoms with Crippen molar-refractivity contribution in [1.29, 1.82) is 0 Å². The zero-order valence-electron chi connectivity index (χ0n) is 23.8. The SMILES string of the molecule is CCCCCCCCCCOC(=O)CCCCCCC1C(=O)CCC1SCC(O)CCCCCCC. The first-order valence-electron chi connectivity index (χ1n) is 15.6. The second kappa shape index (κ2) is 23.6. The molecule has 0 heterocycles. The molecule has 1 N–H and O–H groups in total. The standard InChI is InChI=1S/C31H58O4S/c1-3-5-7-9-10-11-15-19-25-35-31(34)22-18-14-13-17-21-28-29(33)23-24-30(28)36-26-27(32)20-16-12-8-6-4-2/h27-28,30,32H,3-26H2,1-2H3. The van der Waals surface area contributed by atoms with Crippen LogP contribution in [0.3, 0.4) is 0 Å². The Labute approximate surface area is 227 Å². The predicted molar refractivity (Wildman–Crippen MR) is 155 cm³/mol. The molecule has 0 aromatic heterocycles. The van der Waals surface area contributed by atoms with E-state index in [0.29, 0.717) is 30.5 Å². The van der Waals surface area contributed by atoms with E-state index in [-0.39, 0.29) is 18.0 Å². The number of thioether (sulfide) groups is 1. The fraction of sp³-hybridized carbons (Fsp3) is 0.935. The number of aliphatic hydroxyl groups is 1. The zero-order chi connectivity index (χ0) is 26.3. The largest absolute Gasteiger partial charge is 0.466 e. The summed E-state index contributed by atoms with van der Waals surface area (Å²) in [5, 5.41) is 10.7. The molecule has 5 heteroatoms. The minimum Gasteiger partial charge on any atom is -0.466 e. The van der Waals surface area contributed by atoms with Crippen molar-refractivity contribution >= 4 is 23.5 Å². The van der Waals surface area contributed by atoms with Crippen molar-refractivity contribution in [3.8, 4) is 0 Å². The van der Waals surface area contributed by atoms with Gasteiger partial charge in [0, 0.05) is 29.8 Å². The van der Waals surface area contributed by atoms with E-state index in [1.807, 2.05) is 11.8 Å². The fourth-order valence-corrected chi connectivity index (χ4v) is 6.65. The van der Waals surface area contributed by atoms with E-state index in [4.69, 9.17) is 4.74 Å². The Morgan fingerprint density at radius 3 is 2.14 bits per heavy atom. The van der Waals surface area contributed by atoms with Gasteiger partial charge in [-0.25, -0.2) is 0 Å². The van der Waals surface area contributed by atoms with Gasteiger partial charge in [0.15, 0.2) is 0 Å². The van der Waals surface area contributed by atoms with Crippen LogP contribution >= 0.6 is 11.8 Å². The molecule has 1 aliphatic carbocycles. The molecule has 0 spiro atoms. The van der Waals surface area contributed by atoms with Crippen LogP contribution in [0.25, 0.3) is 0 Å². The molecule has 0 aliphatic heterocycles. The van der Waals surface area contributed by atoms with Crippen molar-refractivity contribution < 1.29 is 19.4 Å². The zero-order valence-corrected chi connectivity index (χ0v) is 24.6. The summed E-state index contributed by atoms with van der Waals surface area (Å²) in [4.78, 5) is 24.3. The van der Waals surface area contributed by atoms with Crippen LogP contribution in [0.5, 0.6) is 0 Å². The molecule has 0 bridgehead atoms. The molecule has 3 atom stereocenters. The second-order valence-corrected chi connectivity index (χ2v) is 12.3. The molecule has 1 rings (SSSR count). The average molecular weight is 527 g/mol. The number of rotatable bonds is 25. The van der Waals surface area contributed by atoms with Crippen LogP contribution in [0.4, 0.5) is 0 Å². The van der Waals surface area contributed by atoms with E-state index in [1.165, 1.54) is 64.2 Å². The van der Waals surface area contributed by atoms with E-state index >= 15 is 0 Å². The first-order valence-corrected chi connectivity index (χ1v) is 16.6. The van der Waals surface area contributed by atoms with E-state index in [0.717, 1.165) is 70.0 Å². The molecule has 0 aromatic carbocycles. The molecule has 1 fully saturated rings. The molecular weight excluding hydrogens is 468 g/mol. The lowest BCUT2D eigenvalue weighted by molar-refractivity contribution is -0.143. The van der Waals surface area contributed by atoms with Crippen molar-refractivity contribution in [2.24, 2.45) is 5.92 Å². The van der Waals surface area contributed by atoms with Gasteiger partial charge in [0.1, 0.15) is 5.78 Å². The average Bonchev–Trinajstić information content (AvgIpc) is 3.22. The van der Waals surface area contributed by atoms with Gasteiger partial charge < -0.3 is 9.84 Å². The van der Waals surface area contributed by atoms with Crippen molar-refractivity contribution in [1.82, 2.24) is 0 Å². The Morgan fingerprint density at radius 1 is 0.861 bits per heavy atom. The topological polar surface area (TPSA) is 63.6 Å². The molecule has 0 aromatic rings. The summed E-state index contributed by atoms with van der Waals surface area (Å²) in [6.07, 6.45) is 24.1. The molecule has 36 heavy (non-hydrogen) atoms. The number of esters is 1. The van der Waals surface area contributed by atoms with Crippen LogP contribution in [0.1, 0.15) is 155 Å². The molecule has 212 valence electrons. The van der Waals surface area contributed by atoms with Crippen LogP contribution in [0.2, 0.25) is 0 Å². The Balaban J connectivity index is 2.01. The van der Waals surface area contributed by atoms with Gasteiger partial charge in [-0.15, -0.1) is 0 Å². The van der Waals surface area contributed by atoms with Gasteiger partial charge in [-0.2, -0.15) is 11.8 Å². The lowest BCUT2D eigenvalue weighted by Gasteiger charge is -2.19. The van der Waals surface area contributed by atoms with E-state index < -0.39 is 0 Å². The Kier molecular flexibility index (Phi) is 21.9. The Bertz CT molecular complexity index is 539. The van der Waals surface area contributed by atoms with Gasteiger partial charge in [0.25, 0.3) is 0 Å². The van der Waals surface area contributed by atoms with Crippen LogP contribution in [0.15, 0.2) is 0 Å². The number of ketones is 1. The van der Waals surface area contributed by atoms with Crippen molar-refractivity contribution in [2.75, 3.05) is 12.4 Å². The molecular formula is C31H58O4S. The van der Waals surface area contributed by atoms with E-state index in [2.05, 4.69) is 13.8 Å². The summed E-state index contributed by atoms with van der Waals surface area (Å²) in [6.45, 7) is 5.04. The van der Waals surface area contributed by atoms with Crippen LogP contribution in [0, 0.1) is 5.92 Å². The predicted octanol–water partition coefficient (Wildman–Crippen LogP) is 8.81. The number of hydrogen-bond acceptors (Lipinski definition) is 5. The molecule has 0 saturated heterocycles. The molecule has 1 aliphatic rings. The highest BCUT2D eigenvalue weighted by molar-refractivity contribution is 8.00. The summed E-state index contributed by atoms with van der Waals surface area (Å²) >= 11 is 1.83. The third kappa shape index (κ3) is 17.8. The number of carbonyl (C=O) groups is 2. The fourth-order valence-electron chi connectivity index (χ4n) is 5.21. The summed E-state index contributed by atoms with van der Waals surface area (Å²) in [6, 6.07) is 0. The number of aliphatic hydroxyl groups excluding tert-OH is 1. The summed E-state index contributed by atoms with van der Waals surface area (Å²) in [5.41, 5.74) is 0. The number of unbranched alkanes of at least 4 members (excludes halogenated alkanes) is 14. The van der Waals surface area contributed by atoms with Gasteiger partial charge in [-0.3, -0.25) is 9.59 Å². The maximum Gasteiger partial charge on any atom is 0.305 e. The highest BCUT2D eigenvalue weighted by Gasteiger charge is 2.34. The normalized spacial score (nSPS) is 18.6. The third-order valence-corrected chi connectivity index (χ3v) is 9.16. The Hall–Kier alpha value is -0.550. The third-order valence-electron chi connectivity index (χ3n) is 7.59. The van der Waals surface area contributed by atoms with E-state index in [9.17, 15) is 14.7 Å². The summed E-state index contributed by atoms with van der Waals surface area (Å²) in [5.74, 6) is 1.31. The van der Waals surface area contributed by atoms with Crippen LogP contribution < -0.4 is 0 Å². The first kappa shape index (κ1) is 33.5. The number of ether oxygens (including phenoxy) is 1. The first-order chi connectivity index (χ1) is 17.6. The summed E-state index contributed by atoms with van der Waals surface area (Å²) in [7, 11) is 0. The minimum atomic E-state index is -0.233. The van der Waals surface area contributed by atoms with Crippen LogP contribution in [-0.4, -0.2) is 40.6 Å². The number of carbonyl (C=O) groups excluding carboxylic acids is 2. The van der Waals surface area contributed by atoms with Crippen LogP contribution in [-0.2, 0) is 14.3 Å². The number of hydrogen-bond donors (Lipinski definition) is 1. The van der Waals surface area contributed by atoms with Gasteiger partial charge in [0.05, 0.1) is 12.7 Å². The Morgan fingerprint density at radius 2 is 1.44 bits per heavy atom. The van der Waals surface area contributed by atoms with Crippen molar-refractivity contribution in [3.05, 3.63) is 0 Å². The van der Waals surface area contributed by atoms with Crippen molar-refractivity contribution in [3.63, 3.8) is 0 Å². The highest BCUT2D eigenvalue weighted by atomic mass is 32.2. The van der Waals surface area contributed by atoms with E-state index in [1.54, 1.807) is 0 Å². The molecule has 4 nitrogen and oxygen atoms in total. The van der Waals surface area contributed by atoms with Gasteiger partial charge >= 0.3 is 5.97 Å². The highest BCUT2D eigenvalue weighted by Crippen LogP contribution is 2.36. The minimum absolute atomic E-state index is 0.0516. The lowest BCUT2D eigenvalue weighted by atomic mass is 9.98. The monoisotopic (exact) mass is 526 g/mol. The second-order valence-electron chi connectivity index (χ2n) is 11.0. The van der Waals surface area contributed by atoms with Gasteiger partial charge in [-0.1, -0.05) is 110 Å². The number of Topliss-reactive ketones (excluding diaryl/α,β-unsaturated/α-hetero) is 1. The lowest BCUT2D eigenvalue weighted by Crippen LogP contribution is -2.20. The molecule has 1 saturated carbocycles. The summed E-state index contributed by atoms with van der Waals surface area (Å²) < 4.78 is 5.38. The van der Waals surface area contributed by atoms with Crippen molar-refractivity contribution in [2.45, 2.75) is 166 Å². The quantitative estimate of drug-likeness (QED) is 0.0951. The maximum absolute atomic E-state index is 12.4. The van der Waals surface area contributed by atoms with Gasteiger partial charge in [0.2, 0.25) is 0 Å². The smallest absolute Gasteiger partial charge is 0.305 e. The molecule has 3 unspecified atom stereocenters. The molecule has 0 radical (unpaired) electrons. The van der Waals surface area contributed by atoms with Gasteiger partial charge in [-0.05, 0) is 32.1 Å².